The maximum atomic E-state index is 11.7. The third kappa shape index (κ3) is 3.74. The number of hydrogen-bond acceptors (Lipinski definition) is 5. The summed E-state index contributed by atoms with van der Waals surface area (Å²) < 4.78 is 24.0. The number of rotatable bonds is 3. The van der Waals surface area contributed by atoms with Crippen LogP contribution in [0.1, 0.15) is 12.0 Å². The lowest BCUT2D eigenvalue weighted by atomic mass is 10.1. The Morgan fingerprint density at radius 2 is 2.24 bits per heavy atom. The maximum Gasteiger partial charge on any atom is 0.305 e. The van der Waals surface area contributed by atoms with Crippen molar-refractivity contribution in [2.45, 2.75) is 12.5 Å². The summed E-state index contributed by atoms with van der Waals surface area (Å²) in [5, 5.41) is 17.9. The first-order chi connectivity index (χ1) is 9.82. The molecule has 6 nitrogen and oxygen atoms in total. The van der Waals surface area contributed by atoms with Gasteiger partial charge < -0.3 is 10.0 Å². The smallest absolute Gasteiger partial charge is 0.305 e. The number of carboxylic acid groups (broad SMARTS) is 1. The highest BCUT2D eigenvalue weighted by Gasteiger charge is 2.32. The van der Waals surface area contributed by atoms with Gasteiger partial charge in [-0.15, -0.1) is 0 Å². The Labute approximate surface area is 131 Å². The zero-order valence-corrected chi connectivity index (χ0v) is 13.4. The molecule has 2 rings (SSSR count). The molecule has 1 aromatic rings. The number of carbonyl (C=O) groups is 1. The standard InChI is InChI=1S/C13H13BrN2O4S/c14-12-5-10(2-1-9(12)7-15)16-3-4-21(19,20)8-11(16)6-13(17)18/h1-2,5,11H,3-4,6,8H2,(H,17,18). The Balaban J connectivity index is 2.34. The van der Waals surface area contributed by atoms with Crippen LogP contribution in [-0.2, 0) is 14.6 Å². The molecule has 1 aliphatic rings. The van der Waals surface area contributed by atoms with E-state index in [2.05, 4.69) is 15.9 Å². The van der Waals surface area contributed by atoms with E-state index in [1.807, 2.05) is 6.07 Å². The third-order valence-electron chi connectivity index (χ3n) is 3.35. The van der Waals surface area contributed by atoms with Crippen molar-refractivity contribution in [2.75, 3.05) is 23.0 Å². The molecule has 0 spiro atoms. The molecule has 1 aromatic carbocycles. The SMILES string of the molecule is N#Cc1ccc(N2CCS(=O)(=O)CC2CC(=O)O)cc1Br. The van der Waals surface area contributed by atoms with Crippen molar-refractivity contribution in [3.8, 4) is 6.07 Å². The van der Waals surface area contributed by atoms with Crippen LogP contribution in [0.3, 0.4) is 0 Å². The fourth-order valence-corrected chi connectivity index (χ4v) is 4.35. The summed E-state index contributed by atoms with van der Waals surface area (Å²) in [5.41, 5.74) is 1.18. The summed E-state index contributed by atoms with van der Waals surface area (Å²) >= 11 is 3.28. The highest BCUT2D eigenvalue weighted by molar-refractivity contribution is 9.10. The number of sulfone groups is 1. The Bertz CT molecular complexity index is 711. The average Bonchev–Trinajstić information content (AvgIpc) is 2.37. The van der Waals surface area contributed by atoms with Crippen LogP contribution in [0.15, 0.2) is 22.7 Å². The molecule has 0 bridgehead atoms. The molecule has 1 N–H and O–H groups in total. The van der Waals surface area contributed by atoms with E-state index >= 15 is 0 Å². The summed E-state index contributed by atoms with van der Waals surface area (Å²) in [7, 11) is -3.21. The Kier molecular flexibility index (Phi) is 4.54. The predicted octanol–water partition coefficient (Wildman–Crippen LogP) is 1.40. The number of benzene rings is 1. The van der Waals surface area contributed by atoms with Crippen molar-refractivity contribution in [1.29, 1.82) is 5.26 Å². The van der Waals surface area contributed by atoms with Gasteiger partial charge in [0.2, 0.25) is 0 Å². The van der Waals surface area contributed by atoms with Gasteiger partial charge in [0.05, 0.1) is 29.5 Å². The molecule has 1 saturated heterocycles. The first-order valence-electron chi connectivity index (χ1n) is 6.21. The van der Waals surface area contributed by atoms with E-state index in [-0.39, 0.29) is 24.5 Å². The summed E-state index contributed by atoms with van der Waals surface area (Å²) in [5.74, 6) is -1.20. The summed E-state index contributed by atoms with van der Waals surface area (Å²) in [6, 6.07) is 6.47. The van der Waals surface area contributed by atoms with Crippen LogP contribution in [0.5, 0.6) is 0 Å². The van der Waals surface area contributed by atoms with Gasteiger partial charge in [-0.25, -0.2) is 8.42 Å². The molecule has 0 aromatic heterocycles. The number of nitrogens with zero attached hydrogens (tertiary/aromatic N) is 2. The lowest BCUT2D eigenvalue weighted by Crippen LogP contribution is -2.49. The zero-order chi connectivity index (χ0) is 15.6. The van der Waals surface area contributed by atoms with Crippen molar-refractivity contribution in [3.63, 3.8) is 0 Å². The molecule has 1 heterocycles. The predicted molar refractivity (Wildman–Crippen MR) is 80.9 cm³/mol. The van der Waals surface area contributed by atoms with E-state index in [1.165, 1.54) is 0 Å². The molecule has 0 amide bonds. The normalized spacial score (nSPS) is 20.8. The van der Waals surface area contributed by atoms with Crippen LogP contribution in [0, 0.1) is 11.3 Å². The first kappa shape index (κ1) is 15.8. The molecule has 0 aliphatic carbocycles. The number of carboxylic acids is 1. The summed E-state index contributed by atoms with van der Waals surface area (Å²) in [4.78, 5) is 12.7. The number of anilines is 1. The topological polar surface area (TPSA) is 98.5 Å². The Morgan fingerprint density at radius 1 is 1.52 bits per heavy atom. The van der Waals surface area contributed by atoms with Gasteiger partial charge in [0.25, 0.3) is 0 Å². The van der Waals surface area contributed by atoms with Gasteiger partial charge >= 0.3 is 5.97 Å². The van der Waals surface area contributed by atoms with E-state index in [1.54, 1.807) is 23.1 Å². The summed E-state index contributed by atoms with van der Waals surface area (Å²) in [6.45, 7) is 0.249. The van der Waals surface area contributed by atoms with Crippen molar-refractivity contribution in [1.82, 2.24) is 0 Å². The molecular weight excluding hydrogens is 360 g/mol. The van der Waals surface area contributed by atoms with E-state index < -0.39 is 21.8 Å². The minimum absolute atomic E-state index is 0.000734. The second-order valence-corrected chi connectivity index (χ2v) is 7.92. The average molecular weight is 373 g/mol. The van der Waals surface area contributed by atoms with E-state index in [0.29, 0.717) is 15.7 Å². The monoisotopic (exact) mass is 372 g/mol. The highest BCUT2D eigenvalue weighted by atomic mass is 79.9. The molecular formula is C13H13BrN2O4S. The molecule has 0 saturated carbocycles. The number of halogens is 1. The van der Waals surface area contributed by atoms with Gasteiger partial charge in [0.15, 0.2) is 9.84 Å². The molecule has 1 unspecified atom stereocenters. The van der Waals surface area contributed by atoms with Crippen molar-refractivity contribution >= 4 is 37.4 Å². The molecule has 1 atom stereocenters. The highest BCUT2D eigenvalue weighted by Crippen LogP contribution is 2.28. The van der Waals surface area contributed by atoms with Gasteiger partial charge in [-0.05, 0) is 34.1 Å². The second-order valence-electron chi connectivity index (χ2n) is 4.84. The van der Waals surface area contributed by atoms with Crippen LogP contribution in [-0.4, -0.2) is 43.6 Å². The molecule has 1 aliphatic heterocycles. The second kappa shape index (κ2) is 6.03. The number of nitriles is 1. The number of hydrogen-bond donors (Lipinski definition) is 1. The molecule has 0 radical (unpaired) electrons. The molecule has 21 heavy (non-hydrogen) atoms. The Morgan fingerprint density at radius 3 is 2.81 bits per heavy atom. The number of aliphatic carboxylic acids is 1. The molecule has 1 fully saturated rings. The van der Waals surface area contributed by atoms with Crippen molar-refractivity contribution < 1.29 is 18.3 Å². The van der Waals surface area contributed by atoms with Gasteiger partial charge in [0.1, 0.15) is 6.07 Å². The van der Waals surface area contributed by atoms with Crippen molar-refractivity contribution in [2.24, 2.45) is 0 Å². The fourth-order valence-electron chi connectivity index (χ4n) is 2.37. The van der Waals surface area contributed by atoms with Crippen molar-refractivity contribution in [3.05, 3.63) is 28.2 Å². The fraction of sp³-hybridized carbons (Fsp3) is 0.385. The summed E-state index contributed by atoms with van der Waals surface area (Å²) in [6.07, 6.45) is -0.239. The van der Waals surface area contributed by atoms with Gasteiger partial charge in [-0.2, -0.15) is 5.26 Å². The van der Waals surface area contributed by atoms with Gasteiger partial charge in [-0.1, -0.05) is 0 Å². The zero-order valence-electron chi connectivity index (χ0n) is 11.0. The van der Waals surface area contributed by atoms with Crippen LogP contribution in [0.4, 0.5) is 5.69 Å². The van der Waals surface area contributed by atoms with Crippen LogP contribution < -0.4 is 4.90 Å². The minimum atomic E-state index is -3.21. The quantitative estimate of drug-likeness (QED) is 0.860. The largest absolute Gasteiger partial charge is 0.481 e. The van der Waals surface area contributed by atoms with Crippen LogP contribution in [0.25, 0.3) is 0 Å². The van der Waals surface area contributed by atoms with Crippen LogP contribution in [0.2, 0.25) is 0 Å². The van der Waals surface area contributed by atoms with E-state index in [9.17, 15) is 13.2 Å². The minimum Gasteiger partial charge on any atom is -0.481 e. The lowest BCUT2D eigenvalue weighted by Gasteiger charge is -2.36. The maximum absolute atomic E-state index is 11.7. The van der Waals surface area contributed by atoms with Gasteiger partial charge in [0, 0.05) is 16.7 Å². The van der Waals surface area contributed by atoms with Gasteiger partial charge in [-0.3, -0.25) is 4.79 Å². The van der Waals surface area contributed by atoms with E-state index in [4.69, 9.17) is 10.4 Å². The first-order valence-corrected chi connectivity index (χ1v) is 8.82. The Hall–Kier alpha value is -1.59. The van der Waals surface area contributed by atoms with E-state index in [0.717, 1.165) is 0 Å². The van der Waals surface area contributed by atoms with Crippen LogP contribution >= 0.6 is 15.9 Å². The lowest BCUT2D eigenvalue weighted by molar-refractivity contribution is -0.137. The third-order valence-corrected chi connectivity index (χ3v) is 5.70. The molecule has 8 heteroatoms. The molecule has 112 valence electrons.